The number of hydrogen-bond acceptors (Lipinski definition) is 4. The molecule has 132 valence electrons. The number of benzene rings is 1. The maximum Gasteiger partial charge on any atom is 0.387 e. The van der Waals surface area contributed by atoms with Crippen LogP contribution >= 0.6 is 15.9 Å². The molecule has 0 saturated carbocycles. The predicted octanol–water partition coefficient (Wildman–Crippen LogP) is 2.71. The van der Waals surface area contributed by atoms with E-state index in [0.29, 0.717) is 16.5 Å². The Morgan fingerprint density at radius 2 is 2.17 bits per heavy atom. The molecule has 1 unspecified atom stereocenters. The quantitative estimate of drug-likeness (QED) is 0.682. The molecular weight excluding hydrogens is 408 g/mol. The summed E-state index contributed by atoms with van der Waals surface area (Å²) in [6.07, 6.45) is 2.98. The highest BCUT2D eigenvalue weighted by molar-refractivity contribution is 9.10. The number of ether oxygens (including phenoxy) is 1. The first-order valence-electron chi connectivity index (χ1n) is 7.07. The zero-order valence-corrected chi connectivity index (χ0v) is 15.2. The van der Waals surface area contributed by atoms with Crippen molar-refractivity contribution in [3.8, 4) is 5.75 Å². The lowest BCUT2D eigenvalue weighted by molar-refractivity contribution is -0.126. The zero-order chi connectivity index (χ0) is 17.9. The van der Waals surface area contributed by atoms with Crippen molar-refractivity contribution in [1.29, 1.82) is 0 Å². The third kappa shape index (κ3) is 5.01. The average Bonchev–Trinajstić information content (AvgIpc) is 2.86. The minimum Gasteiger partial charge on any atom is -0.434 e. The maximum absolute atomic E-state index is 12.4. The summed E-state index contributed by atoms with van der Waals surface area (Å²) in [4.78, 5) is 13.5. The van der Waals surface area contributed by atoms with Gasteiger partial charge in [0, 0.05) is 29.2 Å². The Bertz CT molecular complexity index is 752. The van der Waals surface area contributed by atoms with Crippen LogP contribution in [0.25, 0.3) is 6.08 Å². The van der Waals surface area contributed by atoms with Crippen LogP contribution in [-0.2, 0) is 14.6 Å². The van der Waals surface area contributed by atoms with Gasteiger partial charge in [0.15, 0.2) is 9.84 Å². The molecule has 1 saturated heterocycles. The molecule has 0 spiro atoms. The van der Waals surface area contributed by atoms with Crippen molar-refractivity contribution in [2.24, 2.45) is 0 Å². The number of amides is 1. The Kier molecular flexibility index (Phi) is 5.97. The van der Waals surface area contributed by atoms with Crippen LogP contribution in [0.2, 0.25) is 0 Å². The summed E-state index contributed by atoms with van der Waals surface area (Å²) in [6.45, 7) is -2.97. The number of sulfone groups is 1. The van der Waals surface area contributed by atoms with E-state index in [2.05, 4.69) is 20.7 Å². The van der Waals surface area contributed by atoms with Gasteiger partial charge in [-0.3, -0.25) is 4.79 Å². The van der Waals surface area contributed by atoms with E-state index in [-0.39, 0.29) is 23.3 Å². The molecule has 1 aromatic carbocycles. The van der Waals surface area contributed by atoms with Crippen molar-refractivity contribution in [3.63, 3.8) is 0 Å². The molecule has 1 fully saturated rings. The molecule has 0 aromatic heterocycles. The summed E-state index contributed by atoms with van der Waals surface area (Å²) in [5.41, 5.74) is 0.311. The number of hydrogen-bond donors (Lipinski definition) is 0. The molecule has 1 atom stereocenters. The molecule has 0 bridgehead atoms. The second kappa shape index (κ2) is 7.60. The first kappa shape index (κ1) is 18.9. The van der Waals surface area contributed by atoms with E-state index in [4.69, 9.17) is 0 Å². The fraction of sp³-hybridized carbons (Fsp3) is 0.400. The summed E-state index contributed by atoms with van der Waals surface area (Å²) in [5, 5.41) is 0. The molecule has 1 aromatic rings. The van der Waals surface area contributed by atoms with Crippen LogP contribution in [0.1, 0.15) is 12.0 Å². The first-order valence-corrected chi connectivity index (χ1v) is 9.69. The monoisotopic (exact) mass is 423 g/mol. The summed E-state index contributed by atoms with van der Waals surface area (Å²) in [6, 6.07) is 4.09. The van der Waals surface area contributed by atoms with Gasteiger partial charge in [-0.25, -0.2) is 8.42 Å². The second-order valence-corrected chi connectivity index (χ2v) is 8.54. The molecule has 1 aliphatic heterocycles. The summed E-state index contributed by atoms with van der Waals surface area (Å²) in [5.74, 6) is -0.445. The van der Waals surface area contributed by atoms with Gasteiger partial charge in [0.05, 0.1) is 11.5 Å². The lowest BCUT2D eigenvalue weighted by atomic mass is 10.1. The molecule has 24 heavy (non-hydrogen) atoms. The van der Waals surface area contributed by atoms with Crippen LogP contribution in [0.4, 0.5) is 8.78 Å². The third-order valence-corrected chi connectivity index (χ3v) is 5.94. The largest absolute Gasteiger partial charge is 0.434 e. The van der Waals surface area contributed by atoms with E-state index < -0.39 is 22.4 Å². The SMILES string of the molecule is CN(C(=O)C=Cc1cc(Br)ccc1OC(F)F)C1CCS(=O)(=O)C1. The molecule has 1 amide bonds. The van der Waals surface area contributed by atoms with E-state index in [1.807, 2.05) is 0 Å². The molecular formula is C15H16BrF2NO4S. The van der Waals surface area contributed by atoms with Crippen LogP contribution in [0.3, 0.4) is 0 Å². The molecule has 0 N–H and O–H groups in total. The Balaban J connectivity index is 2.12. The standard InChI is InChI=1S/C15H16BrF2NO4S/c1-19(12-6-7-24(21,22)9-12)14(20)5-2-10-8-11(16)3-4-13(10)23-15(17)18/h2-5,8,12,15H,6-7,9H2,1H3. The normalized spacial score (nSPS) is 19.8. The second-order valence-electron chi connectivity index (χ2n) is 5.40. The van der Waals surface area contributed by atoms with Crippen molar-refractivity contribution in [1.82, 2.24) is 4.90 Å². The van der Waals surface area contributed by atoms with Gasteiger partial charge in [-0.05, 0) is 30.7 Å². The number of nitrogens with zero attached hydrogens (tertiary/aromatic N) is 1. The van der Waals surface area contributed by atoms with Crippen LogP contribution in [0.5, 0.6) is 5.75 Å². The smallest absolute Gasteiger partial charge is 0.387 e. The minimum absolute atomic E-state index is 0.0525. The number of carbonyl (C=O) groups is 1. The lowest BCUT2D eigenvalue weighted by Crippen LogP contribution is -2.36. The highest BCUT2D eigenvalue weighted by atomic mass is 79.9. The van der Waals surface area contributed by atoms with Crippen molar-refractivity contribution >= 4 is 37.8 Å². The van der Waals surface area contributed by atoms with Gasteiger partial charge in [-0.2, -0.15) is 8.78 Å². The third-order valence-electron chi connectivity index (χ3n) is 3.70. The van der Waals surface area contributed by atoms with Crippen molar-refractivity contribution in [2.75, 3.05) is 18.6 Å². The summed E-state index contributed by atoms with van der Waals surface area (Å²) >= 11 is 3.23. The molecule has 2 rings (SSSR count). The molecule has 1 heterocycles. The van der Waals surface area contributed by atoms with Gasteiger partial charge >= 0.3 is 6.61 Å². The molecule has 0 aliphatic carbocycles. The average molecular weight is 424 g/mol. The van der Waals surface area contributed by atoms with Gasteiger partial charge in [-0.1, -0.05) is 15.9 Å². The predicted molar refractivity (Wildman–Crippen MR) is 89.6 cm³/mol. The highest BCUT2D eigenvalue weighted by Gasteiger charge is 2.32. The fourth-order valence-electron chi connectivity index (χ4n) is 2.39. The van der Waals surface area contributed by atoms with E-state index in [1.54, 1.807) is 12.1 Å². The number of carbonyl (C=O) groups excluding carboxylic acids is 1. The maximum atomic E-state index is 12.4. The van der Waals surface area contributed by atoms with E-state index >= 15 is 0 Å². The van der Waals surface area contributed by atoms with Gasteiger partial charge < -0.3 is 9.64 Å². The Hall–Kier alpha value is -1.48. The molecule has 1 aliphatic rings. The van der Waals surface area contributed by atoms with Gasteiger partial charge in [-0.15, -0.1) is 0 Å². The minimum atomic E-state index is -3.09. The molecule has 0 radical (unpaired) electrons. The Morgan fingerprint density at radius 1 is 1.46 bits per heavy atom. The van der Waals surface area contributed by atoms with Gasteiger partial charge in [0.1, 0.15) is 5.75 Å². The number of alkyl halides is 2. The Labute approximate surface area is 147 Å². The number of likely N-dealkylation sites (N-methyl/N-ethyl adjacent to an activating group) is 1. The van der Waals surface area contributed by atoms with Crippen molar-refractivity contribution in [2.45, 2.75) is 19.1 Å². The van der Waals surface area contributed by atoms with Crippen molar-refractivity contribution in [3.05, 3.63) is 34.3 Å². The number of rotatable bonds is 5. The first-order chi connectivity index (χ1) is 11.2. The topological polar surface area (TPSA) is 63.7 Å². The highest BCUT2D eigenvalue weighted by Crippen LogP contribution is 2.26. The lowest BCUT2D eigenvalue weighted by Gasteiger charge is -2.21. The van der Waals surface area contributed by atoms with Gasteiger partial charge in [0.25, 0.3) is 0 Å². The van der Waals surface area contributed by atoms with Crippen LogP contribution in [0, 0.1) is 0 Å². The van der Waals surface area contributed by atoms with Gasteiger partial charge in [0.2, 0.25) is 5.91 Å². The molecule has 9 heteroatoms. The van der Waals surface area contributed by atoms with Crippen LogP contribution < -0.4 is 4.74 Å². The summed E-state index contributed by atoms with van der Waals surface area (Å²) < 4.78 is 52.9. The number of halogens is 3. The zero-order valence-electron chi connectivity index (χ0n) is 12.8. The van der Waals surface area contributed by atoms with E-state index in [0.717, 1.165) is 0 Å². The Morgan fingerprint density at radius 3 is 2.75 bits per heavy atom. The van der Waals surface area contributed by atoms with E-state index in [9.17, 15) is 22.0 Å². The van der Waals surface area contributed by atoms with Crippen LogP contribution in [-0.4, -0.2) is 50.4 Å². The molecule has 5 nitrogen and oxygen atoms in total. The van der Waals surface area contributed by atoms with E-state index in [1.165, 1.54) is 30.2 Å². The fourth-order valence-corrected chi connectivity index (χ4v) is 4.55. The van der Waals surface area contributed by atoms with Crippen LogP contribution in [0.15, 0.2) is 28.7 Å². The van der Waals surface area contributed by atoms with Crippen molar-refractivity contribution < 1.29 is 26.7 Å². The summed E-state index contributed by atoms with van der Waals surface area (Å²) in [7, 11) is -1.57.